The predicted octanol–water partition coefficient (Wildman–Crippen LogP) is 2.82. The molecule has 0 saturated heterocycles. The lowest BCUT2D eigenvalue weighted by atomic mass is 10.3. The van der Waals surface area contributed by atoms with Gasteiger partial charge in [-0.1, -0.05) is 29.8 Å². The minimum atomic E-state index is -0.365. The van der Waals surface area contributed by atoms with E-state index in [1.807, 2.05) is 18.2 Å². The molecule has 132 valence electrons. The Balaban J connectivity index is 1.87. The van der Waals surface area contributed by atoms with Gasteiger partial charge >= 0.3 is 0 Å². The van der Waals surface area contributed by atoms with Gasteiger partial charge in [-0.05, 0) is 30.3 Å². The van der Waals surface area contributed by atoms with Crippen molar-refractivity contribution in [1.82, 2.24) is 4.90 Å². The van der Waals surface area contributed by atoms with E-state index in [1.54, 1.807) is 30.3 Å². The van der Waals surface area contributed by atoms with Gasteiger partial charge in [0.15, 0.2) is 6.61 Å². The van der Waals surface area contributed by atoms with E-state index in [9.17, 15) is 9.59 Å². The standard InChI is InChI=1S/C18H19ClN2O4/c1-21(18(23)12-25-14-6-4-3-5-7-14)11-17(22)20-15-10-13(19)8-9-16(15)24-2/h3-10H,11-12H2,1-2H3,(H,20,22). The number of likely N-dealkylation sites (N-methyl/N-ethyl adjacent to an activating group) is 1. The third-order valence-corrected chi connectivity index (χ3v) is 3.58. The van der Waals surface area contributed by atoms with E-state index < -0.39 is 0 Å². The van der Waals surface area contributed by atoms with Crippen LogP contribution in [0.4, 0.5) is 5.69 Å². The van der Waals surface area contributed by atoms with Crippen LogP contribution in [0.3, 0.4) is 0 Å². The average molecular weight is 363 g/mol. The molecular formula is C18H19ClN2O4. The Bertz CT molecular complexity index is 737. The van der Waals surface area contributed by atoms with Crippen LogP contribution in [0.15, 0.2) is 48.5 Å². The summed E-state index contributed by atoms with van der Waals surface area (Å²) in [4.78, 5) is 25.5. The first kappa shape index (κ1) is 18.6. The molecule has 0 radical (unpaired) electrons. The molecule has 0 atom stereocenters. The zero-order valence-electron chi connectivity index (χ0n) is 14.0. The highest BCUT2D eigenvalue weighted by molar-refractivity contribution is 6.31. The second-order valence-corrected chi connectivity index (χ2v) is 5.68. The molecule has 2 rings (SSSR count). The van der Waals surface area contributed by atoms with Crippen molar-refractivity contribution in [1.29, 1.82) is 0 Å². The average Bonchev–Trinajstić information content (AvgIpc) is 2.60. The maximum atomic E-state index is 12.1. The molecule has 0 heterocycles. The smallest absolute Gasteiger partial charge is 0.260 e. The number of halogens is 1. The highest BCUT2D eigenvalue weighted by Gasteiger charge is 2.15. The van der Waals surface area contributed by atoms with Crippen LogP contribution in [0.1, 0.15) is 0 Å². The van der Waals surface area contributed by atoms with Crippen LogP contribution in [0.5, 0.6) is 11.5 Å². The Kier molecular flexibility index (Phi) is 6.65. The van der Waals surface area contributed by atoms with E-state index >= 15 is 0 Å². The van der Waals surface area contributed by atoms with Gasteiger partial charge in [0.2, 0.25) is 5.91 Å². The van der Waals surface area contributed by atoms with Crippen LogP contribution in [0, 0.1) is 0 Å². The molecule has 7 heteroatoms. The summed E-state index contributed by atoms with van der Waals surface area (Å²) in [7, 11) is 3.03. The molecule has 2 aromatic carbocycles. The molecule has 0 saturated carbocycles. The van der Waals surface area contributed by atoms with Crippen molar-refractivity contribution in [3.63, 3.8) is 0 Å². The van der Waals surface area contributed by atoms with Gasteiger partial charge in [0, 0.05) is 12.1 Å². The lowest BCUT2D eigenvalue weighted by molar-refractivity contribution is -0.135. The van der Waals surface area contributed by atoms with Crippen molar-refractivity contribution < 1.29 is 19.1 Å². The summed E-state index contributed by atoms with van der Waals surface area (Å²) in [5.74, 6) is 0.407. The lowest BCUT2D eigenvalue weighted by Crippen LogP contribution is -2.37. The Labute approximate surface area is 151 Å². The monoisotopic (exact) mass is 362 g/mol. The quantitative estimate of drug-likeness (QED) is 0.822. The number of hydrogen-bond donors (Lipinski definition) is 1. The Hall–Kier alpha value is -2.73. The summed E-state index contributed by atoms with van der Waals surface area (Å²) in [6.45, 7) is -0.263. The molecule has 0 fully saturated rings. The molecule has 0 aliphatic rings. The minimum Gasteiger partial charge on any atom is -0.495 e. The number of carbonyl (C=O) groups is 2. The van der Waals surface area contributed by atoms with Crippen LogP contribution in [0.2, 0.25) is 5.02 Å². The SMILES string of the molecule is COc1ccc(Cl)cc1NC(=O)CN(C)C(=O)COc1ccccc1. The number of hydrogen-bond acceptors (Lipinski definition) is 4. The van der Waals surface area contributed by atoms with Crippen molar-refractivity contribution >= 4 is 29.1 Å². The number of para-hydroxylation sites is 1. The molecule has 1 N–H and O–H groups in total. The maximum absolute atomic E-state index is 12.1. The lowest BCUT2D eigenvalue weighted by Gasteiger charge is -2.18. The van der Waals surface area contributed by atoms with Gasteiger partial charge in [-0.25, -0.2) is 0 Å². The zero-order chi connectivity index (χ0) is 18.2. The molecule has 2 amide bonds. The van der Waals surface area contributed by atoms with Gasteiger partial charge in [-0.2, -0.15) is 0 Å². The van der Waals surface area contributed by atoms with Gasteiger partial charge in [-0.3, -0.25) is 9.59 Å². The van der Waals surface area contributed by atoms with Crippen LogP contribution in [0.25, 0.3) is 0 Å². The summed E-state index contributed by atoms with van der Waals surface area (Å²) in [6.07, 6.45) is 0. The first-order valence-corrected chi connectivity index (χ1v) is 7.92. The van der Waals surface area contributed by atoms with Crippen LogP contribution < -0.4 is 14.8 Å². The molecule has 6 nitrogen and oxygen atoms in total. The van der Waals surface area contributed by atoms with Crippen LogP contribution in [-0.4, -0.2) is 44.0 Å². The Morgan fingerprint density at radius 3 is 2.56 bits per heavy atom. The number of anilines is 1. The summed E-state index contributed by atoms with van der Waals surface area (Å²) < 4.78 is 10.5. The van der Waals surface area contributed by atoms with Crippen LogP contribution >= 0.6 is 11.6 Å². The van der Waals surface area contributed by atoms with Crippen molar-refractivity contribution in [3.05, 3.63) is 53.6 Å². The van der Waals surface area contributed by atoms with Gasteiger partial charge in [0.25, 0.3) is 5.91 Å². The number of nitrogens with one attached hydrogen (secondary N) is 1. The fraction of sp³-hybridized carbons (Fsp3) is 0.222. The fourth-order valence-electron chi connectivity index (χ4n) is 2.04. The van der Waals surface area contributed by atoms with Gasteiger partial charge in [0.1, 0.15) is 11.5 Å². The van der Waals surface area contributed by atoms with E-state index in [1.165, 1.54) is 19.1 Å². The third kappa shape index (κ3) is 5.69. The van der Waals surface area contributed by atoms with Crippen molar-refractivity contribution in [3.8, 4) is 11.5 Å². The molecule has 2 aromatic rings. The van der Waals surface area contributed by atoms with E-state index in [4.69, 9.17) is 21.1 Å². The normalized spacial score (nSPS) is 10.0. The van der Waals surface area contributed by atoms with Crippen molar-refractivity contribution in [2.75, 3.05) is 32.6 Å². The first-order chi connectivity index (χ1) is 12.0. The highest BCUT2D eigenvalue weighted by Crippen LogP contribution is 2.27. The summed E-state index contributed by atoms with van der Waals surface area (Å²) in [5.41, 5.74) is 0.446. The summed E-state index contributed by atoms with van der Waals surface area (Å²) >= 11 is 5.92. The number of carbonyl (C=O) groups excluding carboxylic acids is 2. The number of benzene rings is 2. The number of methoxy groups -OCH3 is 1. The summed E-state index contributed by atoms with van der Waals surface area (Å²) in [5, 5.41) is 3.15. The topological polar surface area (TPSA) is 67.9 Å². The maximum Gasteiger partial charge on any atom is 0.260 e. The molecule has 0 bridgehead atoms. The molecule has 25 heavy (non-hydrogen) atoms. The molecule has 0 aliphatic carbocycles. The third-order valence-electron chi connectivity index (χ3n) is 3.35. The zero-order valence-corrected chi connectivity index (χ0v) is 14.7. The van der Waals surface area contributed by atoms with Crippen molar-refractivity contribution in [2.45, 2.75) is 0 Å². The Morgan fingerprint density at radius 2 is 1.88 bits per heavy atom. The largest absolute Gasteiger partial charge is 0.495 e. The van der Waals surface area contributed by atoms with Gasteiger partial charge < -0.3 is 19.7 Å². The van der Waals surface area contributed by atoms with Gasteiger partial charge in [0.05, 0.1) is 19.3 Å². The summed E-state index contributed by atoms with van der Waals surface area (Å²) in [6, 6.07) is 13.9. The van der Waals surface area contributed by atoms with E-state index in [0.29, 0.717) is 22.2 Å². The van der Waals surface area contributed by atoms with Crippen molar-refractivity contribution in [2.24, 2.45) is 0 Å². The van der Waals surface area contributed by atoms with E-state index in [0.717, 1.165) is 0 Å². The molecule has 0 aliphatic heterocycles. The number of amides is 2. The number of ether oxygens (including phenoxy) is 2. The highest BCUT2D eigenvalue weighted by atomic mass is 35.5. The predicted molar refractivity (Wildman–Crippen MR) is 96.2 cm³/mol. The Morgan fingerprint density at radius 1 is 1.16 bits per heavy atom. The van der Waals surface area contributed by atoms with Gasteiger partial charge in [-0.15, -0.1) is 0 Å². The van der Waals surface area contributed by atoms with Crippen LogP contribution in [-0.2, 0) is 9.59 Å². The number of nitrogens with zero attached hydrogens (tertiary/aromatic N) is 1. The molecule has 0 unspecified atom stereocenters. The fourth-order valence-corrected chi connectivity index (χ4v) is 2.22. The minimum absolute atomic E-state index is 0.118. The van der Waals surface area contributed by atoms with E-state index in [-0.39, 0.29) is 25.0 Å². The second kappa shape index (κ2) is 8.94. The molecular weight excluding hydrogens is 344 g/mol. The second-order valence-electron chi connectivity index (χ2n) is 5.24. The first-order valence-electron chi connectivity index (χ1n) is 7.55. The van der Waals surface area contributed by atoms with E-state index in [2.05, 4.69) is 5.32 Å². The molecule has 0 spiro atoms. The number of rotatable bonds is 7. The molecule has 0 aromatic heterocycles.